The molecule has 1 aromatic carbocycles. The van der Waals surface area contributed by atoms with Crippen LogP contribution in [0, 0.1) is 5.92 Å². The van der Waals surface area contributed by atoms with Crippen LogP contribution in [0.25, 0.3) is 0 Å². The number of nitrogens with one attached hydrogen (secondary N) is 1. The van der Waals surface area contributed by atoms with Gasteiger partial charge in [0, 0.05) is 38.9 Å². The molecule has 34 heavy (non-hydrogen) atoms. The zero-order chi connectivity index (χ0) is 23.5. The van der Waals surface area contributed by atoms with Gasteiger partial charge in [-0.2, -0.15) is 5.10 Å². The number of halogens is 1. The molecule has 3 aliphatic rings. The number of carbonyl (C=O) groups is 2. The highest BCUT2D eigenvalue weighted by Crippen LogP contribution is 2.41. The summed E-state index contributed by atoms with van der Waals surface area (Å²) in [5.41, 5.74) is 0.437. The molecular formula is C25H29ClN6O2. The molecule has 0 atom stereocenters. The minimum atomic E-state index is -0.721. The van der Waals surface area contributed by atoms with Crippen LogP contribution in [0.2, 0.25) is 5.02 Å². The first-order valence-electron chi connectivity index (χ1n) is 12.0. The first-order chi connectivity index (χ1) is 16.6. The lowest BCUT2D eigenvalue weighted by Crippen LogP contribution is -2.51. The summed E-state index contributed by atoms with van der Waals surface area (Å²) in [6.07, 6.45) is 6.69. The van der Waals surface area contributed by atoms with E-state index in [1.165, 1.54) is 12.8 Å². The molecule has 2 aliphatic carbocycles. The van der Waals surface area contributed by atoms with Crippen LogP contribution >= 0.6 is 11.6 Å². The number of amides is 2. The molecule has 0 bridgehead atoms. The van der Waals surface area contributed by atoms with Crippen molar-refractivity contribution < 1.29 is 9.59 Å². The van der Waals surface area contributed by atoms with Gasteiger partial charge in [0.05, 0.1) is 10.6 Å². The molecule has 0 unspecified atom stereocenters. The topological polar surface area (TPSA) is 90.8 Å². The molecular weight excluding hydrogens is 452 g/mol. The van der Waals surface area contributed by atoms with Crippen LogP contribution in [0.4, 0.5) is 0 Å². The summed E-state index contributed by atoms with van der Waals surface area (Å²) in [5.74, 6) is 1.38. The lowest BCUT2D eigenvalue weighted by atomic mass is 10.1. The molecule has 9 heteroatoms. The molecule has 1 N–H and O–H groups in total. The van der Waals surface area contributed by atoms with Crippen molar-refractivity contribution in [3.63, 3.8) is 0 Å². The lowest BCUT2D eigenvalue weighted by Gasteiger charge is -2.36. The van der Waals surface area contributed by atoms with E-state index in [4.69, 9.17) is 16.6 Å². The van der Waals surface area contributed by atoms with Gasteiger partial charge in [-0.25, -0.2) is 4.99 Å². The summed E-state index contributed by atoms with van der Waals surface area (Å²) in [6, 6.07) is 10.8. The third-order valence-electron chi connectivity index (χ3n) is 6.77. The molecule has 1 saturated heterocycles. The van der Waals surface area contributed by atoms with Crippen LogP contribution in [0.1, 0.15) is 48.2 Å². The number of aliphatic imine (C=N–C) groups is 1. The quantitative estimate of drug-likeness (QED) is 0.486. The number of benzene rings is 1. The smallest absolute Gasteiger partial charge is 0.255 e. The van der Waals surface area contributed by atoms with Gasteiger partial charge in [0.2, 0.25) is 5.91 Å². The van der Waals surface area contributed by atoms with Crippen LogP contribution in [0.15, 0.2) is 47.6 Å². The summed E-state index contributed by atoms with van der Waals surface area (Å²) >= 11 is 6.23. The van der Waals surface area contributed by atoms with E-state index in [9.17, 15) is 9.59 Å². The van der Waals surface area contributed by atoms with E-state index in [0.29, 0.717) is 54.8 Å². The van der Waals surface area contributed by atoms with E-state index in [0.717, 1.165) is 25.2 Å². The van der Waals surface area contributed by atoms with Gasteiger partial charge in [0.25, 0.3) is 5.91 Å². The highest BCUT2D eigenvalue weighted by molar-refractivity contribution is 6.33. The fraction of sp³-hybridized carbons (Fsp3) is 0.480. The van der Waals surface area contributed by atoms with Gasteiger partial charge in [-0.15, -0.1) is 5.10 Å². The van der Waals surface area contributed by atoms with E-state index in [1.54, 1.807) is 18.3 Å². The van der Waals surface area contributed by atoms with Gasteiger partial charge in [0.1, 0.15) is 11.2 Å². The maximum absolute atomic E-state index is 13.0. The number of hydrogen-bond donors (Lipinski definition) is 1. The molecule has 8 nitrogen and oxygen atoms in total. The number of hydrogen-bond acceptors (Lipinski definition) is 5. The Hall–Kier alpha value is -3.00. The number of rotatable bonds is 7. The van der Waals surface area contributed by atoms with Crippen molar-refractivity contribution in [2.24, 2.45) is 10.9 Å². The number of aromatic nitrogens is 2. The van der Waals surface area contributed by atoms with Gasteiger partial charge < -0.3 is 15.1 Å². The number of amidine groups is 1. The second kappa shape index (κ2) is 9.70. The molecule has 2 saturated carbocycles. The van der Waals surface area contributed by atoms with E-state index in [2.05, 4.69) is 20.4 Å². The third-order valence-corrected chi connectivity index (χ3v) is 7.10. The maximum atomic E-state index is 13.0. The van der Waals surface area contributed by atoms with Crippen molar-refractivity contribution in [1.29, 1.82) is 0 Å². The summed E-state index contributed by atoms with van der Waals surface area (Å²) in [5, 5.41) is 11.9. The Balaban J connectivity index is 1.30. The second-order valence-electron chi connectivity index (χ2n) is 9.32. The highest BCUT2D eigenvalue weighted by Gasteiger charge is 2.51. The average molecular weight is 481 g/mol. The van der Waals surface area contributed by atoms with Crippen molar-refractivity contribution in [3.8, 4) is 0 Å². The van der Waals surface area contributed by atoms with E-state index >= 15 is 0 Å². The first kappa shape index (κ1) is 22.8. The SMILES string of the molecule is O=C(c1ccccc1Cl)N1CCN(C(=NC2(C(=O)NCCC3CC3)CC2)c2cccnn2)CC1. The largest absolute Gasteiger partial charge is 0.354 e. The molecule has 3 fully saturated rings. The molecule has 0 spiro atoms. The highest BCUT2D eigenvalue weighted by atomic mass is 35.5. The Bertz CT molecular complexity index is 1080. The third kappa shape index (κ3) is 5.06. The lowest BCUT2D eigenvalue weighted by molar-refractivity contribution is -0.123. The standard InChI is InChI=1S/C25H29ClN6O2/c26-20-5-2-1-4-19(20)23(33)32-16-14-31(15-17-32)22(21-6-3-12-28-30-21)29-25(10-11-25)24(34)27-13-9-18-7-8-18/h1-6,12,18H,7-11,13-17H2,(H,27,34). The van der Waals surface area contributed by atoms with Crippen molar-refractivity contribution in [2.75, 3.05) is 32.7 Å². The Labute approximate surface area is 204 Å². The van der Waals surface area contributed by atoms with Gasteiger partial charge >= 0.3 is 0 Å². The number of carbonyl (C=O) groups excluding carboxylic acids is 2. The Kier molecular flexibility index (Phi) is 6.50. The first-order valence-corrected chi connectivity index (χ1v) is 12.4. The van der Waals surface area contributed by atoms with Gasteiger partial charge in [0.15, 0.2) is 5.84 Å². The summed E-state index contributed by atoms with van der Waals surface area (Å²) in [7, 11) is 0. The maximum Gasteiger partial charge on any atom is 0.255 e. The molecule has 1 aliphatic heterocycles. The summed E-state index contributed by atoms with van der Waals surface area (Å²) in [6.45, 7) is 2.95. The van der Waals surface area contributed by atoms with E-state index in [-0.39, 0.29) is 11.8 Å². The van der Waals surface area contributed by atoms with Gasteiger partial charge in [-0.3, -0.25) is 9.59 Å². The Morgan fingerprint density at radius 3 is 2.44 bits per heavy atom. The Morgan fingerprint density at radius 2 is 1.79 bits per heavy atom. The monoisotopic (exact) mass is 480 g/mol. The average Bonchev–Trinajstić information content (AvgIpc) is 3.80. The molecule has 5 rings (SSSR count). The van der Waals surface area contributed by atoms with Crippen LogP contribution in [-0.2, 0) is 4.79 Å². The predicted molar refractivity (Wildman–Crippen MR) is 130 cm³/mol. The molecule has 2 amide bonds. The van der Waals surface area contributed by atoms with Gasteiger partial charge in [-0.1, -0.05) is 36.6 Å². The number of nitrogens with zero attached hydrogens (tertiary/aromatic N) is 5. The normalized spacial score (nSPS) is 19.6. The van der Waals surface area contributed by atoms with Gasteiger partial charge in [-0.05, 0) is 49.4 Å². The molecule has 2 heterocycles. The van der Waals surface area contributed by atoms with Crippen LogP contribution < -0.4 is 5.32 Å². The van der Waals surface area contributed by atoms with Crippen molar-refractivity contribution in [1.82, 2.24) is 25.3 Å². The van der Waals surface area contributed by atoms with E-state index < -0.39 is 5.54 Å². The summed E-state index contributed by atoms with van der Waals surface area (Å²) < 4.78 is 0. The van der Waals surface area contributed by atoms with Crippen molar-refractivity contribution >= 4 is 29.3 Å². The second-order valence-corrected chi connectivity index (χ2v) is 9.73. The minimum Gasteiger partial charge on any atom is -0.354 e. The van der Waals surface area contributed by atoms with Crippen molar-refractivity contribution in [3.05, 3.63) is 58.9 Å². The molecule has 0 radical (unpaired) electrons. The van der Waals surface area contributed by atoms with E-state index in [1.807, 2.05) is 29.2 Å². The molecule has 1 aromatic heterocycles. The van der Waals surface area contributed by atoms with Crippen LogP contribution in [-0.4, -0.2) is 75.9 Å². The minimum absolute atomic E-state index is 0.00192. The number of piperazine rings is 1. The van der Waals surface area contributed by atoms with Crippen LogP contribution in [0.3, 0.4) is 0 Å². The summed E-state index contributed by atoms with van der Waals surface area (Å²) in [4.78, 5) is 34.8. The molecule has 2 aromatic rings. The predicted octanol–water partition coefficient (Wildman–Crippen LogP) is 2.78. The zero-order valence-corrected chi connectivity index (χ0v) is 19.9. The Morgan fingerprint density at radius 1 is 1.06 bits per heavy atom. The zero-order valence-electron chi connectivity index (χ0n) is 19.1. The fourth-order valence-corrected chi connectivity index (χ4v) is 4.53. The van der Waals surface area contributed by atoms with Crippen LogP contribution in [0.5, 0.6) is 0 Å². The fourth-order valence-electron chi connectivity index (χ4n) is 4.31. The molecule has 178 valence electrons. The van der Waals surface area contributed by atoms with Crippen molar-refractivity contribution in [2.45, 2.75) is 37.6 Å².